The SMILES string of the molecule is Cc1cc(/C(O)=C2\C(=O)C(=O)N(CCN(C)C)C2c2ccc(O)cc2)ccc1OCC(C)C. The van der Waals surface area contributed by atoms with Crippen molar-refractivity contribution in [3.05, 3.63) is 64.7 Å². The second kappa shape index (κ2) is 10.1. The Morgan fingerprint density at radius 3 is 2.36 bits per heavy atom. The number of ether oxygens (including phenoxy) is 1. The average molecular weight is 453 g/mol. The molecule has 0 aromatic heterocycles. The van der Waals surface area contributed by atoms with E-state index < -0.39 is 17.7 Å². The Bertz CT molecular complexity index is 1060. The number of aromatic hydroxyl groups is 1. The molecule has 1 aliphatic heterocycles. The molecule has 2 aromatic rings. The Hall–Kier alpha value is -3.32. The van der Waals surface area contributed by atoms with Gasteiger partial charge in [0, 0.05) is 18.7 Å². The van der Waals surface area contributed by atoms with Gasteiger partial charge in [-0.1, -0.05) is 26.0 Å². The summed E-state index contributed by atoms with van der Waals surface area (Å²) in [6, 6.07) is 10.8. The van der Waals surface area contributed by atoms with Crippen molar-refractivity contribution < 1.29 is 24.5 Å². The lowest BCUT2D eigenvalue weighted by Crippen LogP contribution is -2.35. The van der Waals surface area contributed by atoms with Gasteiger partial charge >= 0.3 is 0 Å². The number of likely N-dealkylation sites (tertiary alicyclic amines) is 1. The summed E-state index contributed by atoms with van der Waals surface area (Å²) in [7, 11) is 3.77. The van der Waals surface area contributed by atoms with Crippen LogP contribution in [0.15, 0.2) is 48.0 Å². The largest absolute Gasteiger partial charge is 0.508 e. The molecule has 1 heterocycles. The molecule has 0 radical (unpaired) electrons. The number of ketones is 1. The average Bonchev–Trinajstić information content (AvgIpc) is 3.01. The molecule has 1 fully saturated rings. The fourth-order valence-electron chi connectivity index (χ4n) is 3.79. The summed E-state index contributed by atoms with van der Waals surface area (Å²) >= 11 is 0. The van der Waals surface area contributed by atoms with E-state index in [0.29, 0.717) is 42.5 Å². The van der Waals surface area contributed by atoms with Crippen molar-refractivity contribution in [2.75, 3.05) is 33.8 Å². The minimum absolute atomic E-state index is 0.0414. The van der Waals surface area contributed by atoms with E-state index >= 15 is 0 Å². The number of carbonyl (C=O) groups is 2. The molecule has 2 aromatic carbocycles. The third kappa shape index (κ3) is 5.37. The maximum absolute atomic E-state index is 13.1. The Kier molecular flexibility index (Phi) is 7.43. The zero-order valence-electron chi connectivity index (χ0n) is 19.8. The van der Waals surface area contributed by atoms with Crippen molar-refractivity contribution in [2.24, 2.45) is 5.92 Å². The van der Waals surface area contributed by atoms with Crippen molar-refractivity contribution in [1.29, 1.82) is 0 Å². The summed E-state index contributed by atoms with van der Waals surface area (Å²) in [6.07, 6.45) is 0. The molecule has 3 rings (SSSR count). The molecule has 176 valence electrons. The van der Waals surface area contributed by atoms with Gasteiger partial charge in [0.1, 0.15) is 17.3 Å². The van der Waals surface area contributed by atoms with E-state index in [1.165, 1.54) is 17.0 Å². The monoisotopic (exact) mass is 452 g/mol. The Morgan fingerprint density at radius 2 is 1.79 bits per heavy atom. The van der Waals surface area contributed by atoms with Crippen LogP contribution in [-0.2, 0) is 9.59 Å². The molecule has 7 heteroatoms. The molecule has 7 nitrogen and oxygen atoms in total. The molecule has 2 N–H and O–H groups in total. The van der Waals surface area contributed by atoms with Crippen LogP contribution in [0.4, 0.5) is 0 Å². The Labute approximate surface area is 194 Å². The Balaban J connectivity index is 2.06. The molecule has 33 heavy (non-hydrogen) atoms. The predicted molar refractivity (Wildman–Crippen MR) is 127 cm³/mol. The van der Waals surface area contributed by atoms with E-state index in [1.807, 2.05) is 25.9 Å². The number of aryl methyl sites for hydroxylation is 1. The normalized spacial score (nSPS) is 17.9. The van der Waals surface area contributed by atoms with Gasteiger partial charge in [-0.05, 0) is 68.4 Å². The molecular formula is C26H32N2O5. The van der Waals surface area contributed by atoms with Gasteiger partial charge in [0.25, 0.3) is 11.7 Å². The van der Waals surface area contributed by atoms with Gasteiger partial charge in [-0.2, -0.15) is 0 Å². The number of carbonyl (C=O) groups excluding carboxylic acids is 2. The van der Waals surface area contributed by atoms with E-state index in [4.69, 9.17) is 4.74 Å². The van der Waals surface area contributed by atoms with Crippen LogP contribution in [0.3, 0.4) is 0 Å². The highest BCUT2D eigenvalue weighted by molar-refractivity contribution is 6.46. The van der Waals surface area contributed by atoms with Crippen LogP contribution in [-0.4, -0.2) is 65.5 Å². The number of amides is 1. The first kappa shape index (κ1) is 24.3. The highest BCUT2D eigenvalue weighted by atomic mass is 16.5. The summed E-state index contributed by atoms with van der Waals surface area (Å²) in [6.45, 7) is 7.45. The number of hydrogen-bond donors (Lipinski definition) is 2. The standard InChI is InChI=1S/C26H32N2O5/c1-16(2)15-33-21-11-8-19(14-17(21)3)24(30)22-23(18-6-9-20(29)10-7-18)28(13-12-27(4)5)26(32)25(22)31/h6-11,14,16,23,29-30H,12-13,15H2,1-5H3/b24-22+. The maximum atomic E-state index is 13.1. The Morgan fingerprint density at radius 1 is 1.12 bits per heavy atom. The molecule has 0 bridgehead atoms. The van der Waals surface area contributed by atoms with Crippen molar-refractivity contribution >= 4 is 17.4 Å². The topological polar surface area (TPSA) is 90.3 Å². The van der Waals surface area contributed by atoms with Crippen molar-refractivity contribution in [1.82, 2.24) is 9.80 Å². The van der Waals surface area contributed by atoms with Crippen molar-refractivity contribution in [3.8, 4) is 11.5 Å². The highest BCUT2D eigenvalue weighted by Gasteiger charge is 2.45. The molecule has 1 unspecified atom stereocenters. The lowest BCUT2D eigenvalue weighted by Gasteiger charge is -2.26. The lowest BCUT2D eigenvalue weighted by molar-refractivity contribution is -0.140. The maximum Gasteiger partial charge on any atom is 0.295 e. The fraction of sp³-hybridized carbons (Fsp3) is 0.385. The first-order chi connectivity index (χ1) is 15.6. The van der Waals surface area contributed by atoms with Crippen LogP contribution in [0.5, 0.6) is 11.5 Å². The molecule has 1 atom stereocenters. The first-order valence-electron chi connectivity index (χ1n) is 11.1. The zero-order valence-corrected chi connectivity index (χ0v) is 19.8. The van der Waals surface area contributed by atoms with Gasteiger partial charge in [-0.15, -0.1) is 0 Å². The number of rotatable bonds is 8. The number of hydrogen-bond acceptors (Lipinski definition) is 6. The molecule has 1 amide bonds. The lowest BCUT2D eigenvalue weighted by atomic mass is 9.94. The highest BCUT2D eigenvalue weighted by Crippen LogP contribution is 2.40. The van der Waals surface area contributed by atoms with Crippen LogP contribution in [0.2, 0.25) is 0 Å². The van der Waals surface area contributed by atoms with Crippen LogP contribution < -0.4 is 4.74 Å². The second-order valence-corrected chi connectivity index (χ2v) is 9.07. The van der Waals surface area contributed by atoms with Gasteiger partial charge in [-0.3, -0.25) is 9.59 Å². The number of phenols is 1. The van der Waals surface area contributed by atoms with Crippen LogP contribution in [0.25, 0.3) is 5.76 Å². The van der Waals surface area contributed by atoms with E-state index in [9.17, 15) is 19.8 Å². The molecule has 1 aliphatic rings. The molecule has 0 spiro atoms. The molecule has 1 saturated heterocycles. The number of nitrogens with zero attached hydrogens (tertiary/aromatic N) is 2. The van der Waals surface area contributed by atoms with E-state index in [-0.39, 0.29) is 17.1 Å². The quantitative estimate of drug-likeness (QED) is 0.360. The fourth-order valence-corrected chi connectivity index (χ4v) is 3.79. The van der Waals surface area contributed by atoms with Gasteiger partial charge in [-0.25, -0.2) is 0 Å². The molecular weight excluding hydrogens is 420 g/mol. The number of phenolic OH excluding ortho intramolecular Hbond substituents is 1. The summed E-state index contributed by atoms with van der Waals surface area (Å²) in [5.41, 5.74) is 1.95. The van der Waals surface area contributed by atoms with Gasteiger partial charge in [0.05, 0.1) is 18.2 Å². The number of Topliss-reactive ketones (excluding diaryl/α,β-unsaturated/α-hetero) is 1. The number of likely N-dealkylation sites (N-methyl/N-ethyl adjacent to an activating group) is 1. The zero-order chi connectivity index (χ0) is 24.3. The third-order valence-corrected chi connectivity index (χ3v) is 5.56. The minimum Gasteiger partial charge on any atom is -0.508 e. The van der Waals surface area contributed by atoms with Crippen LogP contribution in [0, 0.1) is 12.8 Å². The third-order valence-electron chi connectivity index (χ3n) is 5.56. The van der Waals surface area contributed by atoms with E-state index in [0.717, 1.165) is 5.56 Å². The summed E-state index contributed by atoms with van der Waals surface area (Å²) in [5, 5.41) is 20.9. The van der Waals surface area contributed by atoms with Crippen LogP contribution in [0.1, 0.15) is 36.6 Å². The summed E-state index contributed by atoms with van der Waals surface area (Å²) < 4.78 is 5.81. The molecule has 0 saturated carbocycles. The predicted octanol–water partition coefficient (Wildman–Crippen LogP) is 3.72. The second-order valence-electron chi connectivity index (χ2n) is 9.07. The number of aliphatic hydroxyl groups excluding tert-OH is 1. The molecule has 0 aliphatic carbocycles. The number of aliphatic hydroxyl groups is 1. The van der Waals surface area contributed by atoms with Crippen molar-refractivity contribution in [3.63, 3.8) is 0 Å². The van der Waals surface area contributed by atoms with Crippen molar-refractivity contribution in [2.45, 2.75) is 26.8 Å². The smallest absolute Gasteiger partial charge is 0.295 e. The number of benzene rings is 2. The first-order valence-corrected chi connectivity index (χ1v) is 11.1. The van der Waals surface area contributed by atoms with Crippen LogP contribution >= 0.6 is 0 Å². The van der Waals surface area contributed by atoms with Gasteiger partial charge in [0.15, 0.2) is 0 Å². The minimum atomic E-state index is -0.747. The van der Waals surface area contributed by atoms with E-state index in [2.05, 4.69) is 13.8 Å². The van der Waals surface area contributed by atoms with Gasteiger partial charge < -0.3 is 24.7 Å². The summed E-state index contributed by atoms with van der Waals surface area (Å²) in [4.78, 5) is 29.4. The van der Waals surface area contributed by atoms with E-state index in [1.54, 1.807) is 30.3 Å². The summed E-state index contributed by atoms with van der Waals surface area (Å²) in [5.74, 6) is -0.427. The van der Waals surface area contributed by atoms with Gasteiger partial charge in [0.2, 0.25) is 0 Å².